The van der Waals surface area contributed by atoms with Gasteiger partial charge in [-0.25, -0.2) is 0 Å². The standard InChI is InChI=1S/C23H26N2O5/c1-5-14-29-17-9-7-16(8-10-17)20-19(21(26)18-11-6-15(2)30-18)22(27)23(28)25(20)13-12-24(3)4/h5-11,20,27H,1,12-14H2,2-4H3/p+1/t20-/m1/s1. The van der Waals surface area contributed by atoms with E-state index in [9.17, 15) is 14.7 Å². The quantitative estimate of drug-likeness (QED) is 0.486. The lowest BCUT2D eigenvalue weighted by Crippen LogP contribution is -3.06. The van der Waals surface area contributed by atoms with Gasteiger partial charge in [-0.05, 0) is 36.8 Å². The first kappa shape index (κ1) is 21.4. The van der Waals surface area contributed by atoms with E-state index in [1.165, 1.54) is 4.90 Å². The number of quaternary nitrogens is 1. The molecule has 2 heterocycles. The van der Waals surface area contributed by atoms with E-state index in [4.69, 9.17) is 9.15 Å². The Labute approximate surface area is 175 Å². The molecule has 1 aliphatic heterocycles. The number of Topliss-reactive ketones (excluding diaryl/α,β-unsaturated/α-hetero) is 1. The lowest BCUT2D eigenvalue weighted by atomic mass is 9.95. The minimum atomic E-state index is -0.705. The first-order valence-corrected chi connectivity index (χ1v) is 9.81. The van der Waals surface area contributed by atoms with Crippen LogP contribution in [0.4, 0.5) is 0 Å². The molecule has 30 heavy (non-hydrogen) atoms. The molecule has 2 aromatic rings. The molecular weight excluding hydrogens is 384 g/mol. The van der Waals surface area contributed by atoms with Gasteiger partial charge in [0.1, 0.15) is 18.1 Å². The third-order valence-electron chi connectivity index (χ3n) is 4.93. The molecule has 1 amide bonds. The van der Waals surface area contributed by atoms with Gasteiger partial charge < -0.3 is 24.1 Å². The van der Waals surface area contributed by atoms with Crippen LogP contribution in [0.5, 0.6) is 5.75 Å². The number of carbonyl (C=O) groups excluding carboxylic acids is 2. The minimum absolute atomic E-state index is 0.0304. The molecule has 1 aromatic carbocycles. The topological polar surface area (TPSA) is 84.4 Å². The fourth-order valence-electron chi connectivity index (χ4n) is 3.40. The average molecular weight is 411 g/mol. The van der Waals surface area contributed by atoms with Crippen LogP contribution in [0.2, 0.25) is 0 Å². The number of ketones is 1. The van der Waals surface area contributed by atoms with Gasteiger partial charge in [0.2, 0.25) is 5.78 Å². The number of carbonyl (C=O) groups is 2. The first-order chi connectivity index (χ1) is 14.3. The molecule has 0 fully saturated rings. The Morgan fingerprint density at radius 3 is 2.53 bits per heavy atom. The fourth-order valence-corrected chi connectivity index (χ4v) is 3.40. The van der Waals surface area contributed by atoms with Crippen LogP contribution in [0, 0.1) is 6.92 Å². The molecule has 0 spiro atoms. The number of aryl methyl sites for hydroxylation is 1. The second-order valence-corrected chi connectivity index (χ2v) is 7.53. The molecule has 0 saturated carbocycles. The Balaban J connectivity index is 2.00. The number of nitrogens with one attached hydrogen (secondary N) is 1. The molecular formula is C23H27N2O5+. The number of rotatable bonds is 9. The van der Waals surface area contributed by atoms with Crippen molar-refractivity contribution in [2.45, 2.75) is 13.0 Å². The van der Waals surface area contributed by atoms with Crippen LogP contribution in [0.25, 0.3) is 0 Å². The van der Waals surface area contributed by atoms with E-state index in [0.717, 1.165) is 4.90 Å². The summed E-state index contributed by atoms with van der Waals surface area (Å²) in [6, 6.07) is 9.66. The van der Waals surface area contributed by atoms with Crippen LogP contribution in [-0.2, 0) is 4.79 Å². The molecule has 2 N–H and O–H groups in total. The lowest BCUT2D eigenvalue weighted by Gasteiger charge is -2.27. The summed E-state index contributed by atoms with van der Waals surface area (Å²) in [5, 5.41) is 10.6. The zero-order chi connectivity index (χ0) is 21.8. The van der Waals surface area contributed by atoms with E-state index in [1.807, 2.05) is 14.1 Å². The summed E-state index contributed by atoms with van der Waals surface area (Å²) in [6.07, 6.45) is 1.65. The fraction of sp³-hybridized carbons (Fsp3) is 0.304. The van der Waals surface area contributed by atoms with Gasteiger partial charge in [-0.3, -0.25) is 9.59 Å². The van der Waals surface area contributed by atoms with Crippen molar-refractivity contribution in [1.29, 1.82) is 0 Å². The molecule has 158 valence electrons. The van der Waals surface area contributed by atoms with Crippen molar-refractivity contribution in [2.24, 2.45) is 0 Å². The van der Waals surface area contributed by atoms with Crippen LogP contribution in [0.3, 0.4) is 0 Å². The van der Waals surface area contributed by atoms with Gasteiger partial charge in [-0.2, -0.15) is 0 Å². The normalized spacial score (nSPS) is 16.5. The number of amides is 1. The van der Waals surface area contributed by atoms with Crippen molar-refractivity contribution in [1.82, 2.24) is 4.90 Å². The van der Waals surface area contributed by atoms with Crippen LogP contribution in [0.15, 0.2) is 64.8 Å². The van der Waals surface area contributed by atoms with Gasteiger partial charge in [-0.1, -0.05) is 24.8 Å². The predicted octanol–water partition coefficient (Wildman–Crippen LogP) is 1.88. The third kappa shape index (κ3) is 4.31. The molecule has 1 aliphatic rings. The summed E-state index contributed by atoms with van der Waals surface area (Å²) in [5.41, 5.74) is 0.738. The van der Waals surface area contributed by atoms with Crippen LogP contribution in [-0.4, -0.2) is 55.5 Å². The lowest BCUT2D eigenvalue weighted by molar-refractivity contribution is -0.857. The summed E-state index contributed by atoms with van der Waals surface area (Å²) < 4.78 is 11.0. The Bertz CT molecular complexity index is 972. The molecule has 0 aliphatic carbocycles. The average Bonchev–Trinajstić information content (AvgIpc) is 3.26. The number of hydrogen-bond acceptors (Lipinski definition) is 5. The van der Waals surface area contributed by atoms with E-state index < -0.39 is 23.5 Å². The van der Waals surface area contributed by atoms with Crippen molar-refractivity contribution in [3.63, 3.8) is 0 Å². The van der Waals surface area contributed by atoms with Gasteiger partial charge >= 0.3 is 0 Å². The Morgan fingerprint density at radius 1 is 1.27 bits per heavy atom. The summed E-state index contributed by atoms with van der Waals surface area (Å²) in [6.45, 7) is 6.79. The summed E-state index contributed by atoms with van der Waals surface area (Å²) in [4.78, 5) is 28.7. The molecule has 0 saturated heterocycles. The number of hydrogen-bond donors (Lipinski definition) is 2. The van der Waals surface area contributed by atoms with E-state index in [2.05, 4.69) is 6.58 Å². The molecule has 1 aromatic heterocycles. The van der Waals surface area contributed by atoms with E-state index in [1.54, 1.807) is 49.4 Å². The highest BCUT2D eigenvalue weighted by molar-refractivity contribution is 6.15. The highest BCUT2D eigenvalue weighted by atomic mass is 16.5. The van der Waals surface area contributed by atoms with Crippen LogP contribution < -0.4 is 9.64 Å². The Hall–Kier alpha value is -3.32. The maximum atomic E-state index is 13.2. The number of aliphatic hydroxyl groups is 1. The van der Waals surface area contributed by atoms with E-state index in [-0.39, 0.29) is 11.3 Å². The zero-order valence-corrected chi connectivity index (χ0v) is 17.5. The van der Waals surface area contributed by atoms with Gasteiger partial charge in [0.05, 0.1) is 38.8 Å². The highest BCUT2D eigenvalue weighted by Crippen LogP contribution is 2.39. The number of furan rings is 1. The van der Waals surface area contributed by atoms with Crippen molar-refractivity contribution < 1.29 is 28.7 Å². The monoisotopic (exact) mass is 411 g/mol. The van der Waals surface area contributed by atoms with E-state index in [0.29, 0.717) is 36.8 Å². The Kier molecular flexibility index (Phi) is 6.42. The smallest absolute Gasteiger partial charge is 0.290 e. The number of ether oxygens (including phenoxy) is 1. The van der Waals surface area contributed by atoms with Crippen molar-refractivity contribution in [2.75, 3.05) is 33.8 Å². The number of benzene rings is 1. The predicted molar refractivity (Wildman–Crippen MR) is 112 cm³/mol. The summed E-state index contributed by atoms with van der Waals surface area (Å²) in [7, 11) is 3.96. The first-order valence-electron chi connectivity index (χ1n) is 9.81. The zero-order valence-electron chi connectivity index (χ0n) is 17.5. The van der Waals surface area contributed by atoms with Crippen molar-refractivity contribution >= 4 is 11.7 Å². The largest absolute Gasteiger partial charge is 0.503 e. The van der Waals surface area contributed by atoms with Crippen molar-refractivity contribution in [3.05, 3.63) is 77.5 Å². The maximum absolute atomic E-state index is 13.2. The van der Waals surface area contributed by atoms with Gasteiger partial charge in [-0.15, -0.1) is 0 Å². The van der Waals surface area contributed by atoms with Crippen LogP contribution >= 0.6 is 0 Å². The number of aliphatic hydroxyl groups excluding tert-OH is 1. The van der Waals surface area contributed by atoms with Gasteiger partial charge in [0.25, 0.3) is 5.91 Å². The SMILES string of the molecule is C=CCOc1ccc([C@@H]2C(C(=O)c3ccc(C)o3)=C(O)C(=O)N2CC[NH+](C)C)cc1. The third-order valence-corrected chi connectivity index (χ3v) is 4.93. The summed E-state index contributed by atoms with van der Waals surface area (Å²) in [5.74, 6) is -0.255. The Morgan fingerprint density at radius 2 is 1.97 bits per heavy atom. The second-order valence-electron chi connectivity index (χ2n) is 7.53. The second kappa shape index (κ2) is 9.00. The molecule has 7 nitrogen and oxygen atoms in total. The molecule has 0 bridgehead atoms. The minimum Gasteiger partial charge on any atom is -0.503 e. The summed E-state index contributed by atoms with van der Waals surface area (Å²) >= 11 is 0. The number of likely N-dealkylation sites (N-methyl/N-ethyl adjacent to an activating group) is 1. The highest BCUT2D eigenvalue weighted by Gasteiger charge is 2.44. The maximum Gasteiger partial charge on any atom is 0.290 e. The van der Waals surface area contributed by atoms with Crippen LogP contribution in [0.1, 0.15) is 27.9 Å². The molecule has 0 unspecified atom stereocenters. The van der Waals surface area contributed by atoms with Crippen molar-refractivity contribution in [3.8, 4) is 5.75 Å². The molecule has 3 rings (SSSR count). The molecule has 1 atom stereocenters. The van der Waals surface area contributed by atoms with E-state index >= 15 is 0 Å². The molecule has 0 radical (unpaired) electrons. The van der Waals surface area contributed by atoms with Gasteiger partial charge in [0, 0.05) is 0 Å². The molecule has 7 heteroatoms. The number of nitrogens with zero attached hydrogens (tertiary/aromatic N) is 1. The van der Waals surface area contributed by atoms with Gasteiger partial charge in [0.15, 0.2) is 11.5 Å².